The van der Waals surface area contributed by atoms with E-state index in [2.05, 4.69) is 21.9 Å². The van der Waals surface area contributed by atoms with Crippen LogP contribution in [-0.2, 0) is 6.54 Å². The minimum Gasteiger partial charge on any atom is -0.354 e. The van der Waals surface area contributed by atoms with E-state index in [1.165, 1.54) is 17.7 Å². The number of nitro benzene ring substituents is 1. The first-order valence-electron chi connectivity index (χ1n) is 6.70. The molecule has 0 radical (unpaired) electrons. The van der Waals surface area contributed by atoms with Crippen LogP contribution >= 0.6 is 0 Å². The Balaban J connectivity index is 1.64. The Morgan fingerprint density at radius 3 is 2.38 bits per heavy atom. The van der Waals surface area contributed by atoms with Crippen LogP contribution in [0.25, 0.3) is 0 Å². The average molecular weight is 281 g/mol. The van der Waals surface area contributed by atoms with Gasteiger partial charge in [0.2, 0.25) is 0 Å². The monoisotopic (exact) mass is 281 g/mol. The molecule has 0 aliphatic carbocycles. The number of rotatable bonds is 4. The lowest BCUT2D eigenvalue weighted by atomic mass is 10.2. The zero-order valence-corrected chi connectivity index (χ0v) is 11.4. The van der Waals surface area contributed by atoms with Gasteiger partial charge < -0.3 is 9.80 Å². The van der Waals surface area contributed by atoms with Crippen molar-refractivity contribution in [2.24, 2.45) is 0 Å². The minimum atomic E-state index is -0.384. The fraction of sp³-hybridized carbons (Fsp3) is 0.125. The molecule has 106 valence electrons. The Hall–Kier alpha value is -2.82. The SMILES string of the molecule is O=[N+]([O-])c1ccc(N2C=CN(Cc3ccccc3)C2)cc1. The summed E-state index contributed by atoms with van der Waals surface area (Å²) < 4.78 is 0. The maximum absolute atomic E-state index is 10.7. The Kier molecular flexibility index (Phi) is 3.55. The molecule has 0 saturated heterocycles. The van der Waals surface area contributed by atoms with Gasteiger partial charge in [0.05, 0.1) is 11.6 Å². The molecule has 1 aliphatic rings. The summed E-state index contributed by atoms with van der Waals surface area (Å²) in [6, 6.07) is 16.9. The number of nitro groups is 1. The highest BCUT2D eigenvalue weighted by molar-refractivity contribution is 5.53. The first-order valence-corrected chi connectivity index (χ1v) is 6.70. The number of hydrogen-bond acceptors (Lipinski definition) is 4. The van der Waals surface area contributed by atoms with Crippen LogP contribution in [0.4, 0.5) is 11.4 Å². The summed E-state index contributed by atoms with van der Waals surface area (Å²) in [5.41, 5.74) is 2.32. The van der Waals surface area contributed by atoms with E-state index in [1.807, 2.05) is 30.6 Å². The number of benzene rings is 2. The van der Waals surface area contributed by atoms with E-state index in [9.17, 15) is 10.1 Å². The van der Waals surface area contributed by atoms with Crippen molar-refractivity contribution in [2.45, 2.75) is 6.54 Å². The van der Waals surface area contributed by atoms with Crippen LogP contribution < -0.4 is 4.90 Å². The van der Waals surface area contributed by atoms with Crippen LogP contribution in [0.2, 0.25) is 0 Å². The summed E-state index contributed by atoms with van der Waals surface area (Å²) in [5, 5.41) is 10.7. The van der Waals surface area contributed by atoms with Gasteiger partial charge in [-0.25, -0.2) is 0 Å². The van der Waals surface area contributed by atoms with Crippen LogP contribution in [0, 0.1) is 10.1 Å². The summed E-state index contributed by atoms with van der Waals surface area (Å²) in [4.78, 5) is 14.5. The third kappa shape index (κ3) is 3.02. The largest absolute Gasteiger partial charge is 0.354 e. The van der Waals surface area contributed by atoms with Gasteiger partial charge in [-0.15, -0.1) is 0 Å². The molecule has 3 rings (SSSR count). The van der Waals surface area contributed by atoms with Crippen LogP contribution in [-0.4, -0.2) is 16.5 Å². The zero-order valence-electron chi connectivity index (χ0n) is 11.4. The van der Waals surface area contributed by atoms with Crippen molar-refractivity contribution in [3.05, 3.63) is 82.7 Å². The lowest BCUT2D eigenvalue weighted by molar-refractivity contribution is -0.384. The predicted octanol–water partition coefficient (Wildman–Crippen LogP) is 3.35. The first-order chi connectivity index (χ1) is 10.2. The van der Waals surface area contributed by atoms with Gasteiger partial charge in [-0.05, 0) is 17.7 Å². The number of non-ortho nitro benzene ring substituents is 1. The van der Waals surface area contributed by atoms with Crippen LogP contribution in [0.15, 0.2) is 67.0 Å². The molecule has 0 fully saturated rings. The Bertz CT molecular complexity index is 653. The molecule has 0 N–H and O–H groups in total. The van der Waals surface area contributed by atoms with Crippen molar-refractivity contribution >= 4 is 11.4 Å². The highest BCUT2D eigenvalue weighted by Crippen LogP contribution is 2.23. The molecule has 0 atom stereocenters. The van der Waals surface area contributed by atoms with Gasteiger partial charge in [-0.1, -0.05) is 30.3 Å². The first kappa shape index (κ1) is 13.2. The molecule has 0 unspecified atom stereocenters. The predicted molar refractivity (Wildman–Crippen MR) is 81.6 cm³/mol. The zero-order chi connectivity index (χ0) is 14.7. The molecular formula is C16H15N3O2. The van der Waals surface area contributed by atoms with E-state index in [0.717, 1.165) is 18.9 Å². The molecular weight excluding hydrogens is 266 g/mol. The second kappa shape index (κ2) is 5.66. The topological polar surface area (TPSA) is 49.6 Å². The summed E-state index contributed by atoms with van der Waals surface area (Å²) >= 11 is 0. The highest BCUT2D eigenvalue weighted by Gasteiger charge is 2.15. The Morgan fingerprint density at radius 2 is 1.71 bits per heavy atom. The van der Waals surface area contributed by atoms with E-state index < -0.39 is 0 Å². The summed E-state index contributed by atoms with van der Waals surface area (Å²) in [5.74, 6) is 0. The van der Waals surface area contributed by atoms with Crippen molar-refractivity contribution in [2.75, 3.05) is 11.6 Å². The van der Waals surface area contributed by atoms with Gasteiger partial charge in [0.1, 0.15) is 0 Å². The molecule has 5 heteroatoms. The van der Waals surface area contributed by atoms with Gasteiger partial charge in [0, 0.05) is 36.8 Å². The molecule has 2 aromatic rings. The quantitative estimate of drug-likeness (QED) is 0.637. The van der Waals surface area contributed by atoms with Gasteiger partial charge in [-0.2, -0.15) is 0 Å². The molecule has 2 aromatic carbocycles. The van der Waals surface area contributed by atoms with Crippen molar-refractivity contribution in [3.63, 3.8) is 0 Å². The summed E-state index contributed by atoms with van der Waals surface area (Å²) in [7, 11) is 0. The maximum Gasteiger partial charge on any atom is 0.269 e. The second-order valence-electron chi connectivity index (χ2n) is 4.92. The summed E-state index contributed by atoms with van der Waals surface area (Å²) in [6.45, 7) is 1.59. The fourth-order valence-corrected chi connectivity index (χ4v) is 2.32. The lowest BCUT2D eigenvalue weighted by Crippen LogP contribution is -2.24. The van der Waals surface area contributed by atoms with E-state index in [1.54, 1.807) is 12.1 Å². The van der Waals surface area contributed by atoms with Crippen LogP contribution in [0.5, 0.6) is 0 Å². The normalized spacial score (nSPS) is 13.7. The van der Waals surface area contributed by atoms with Crippen molar-refractivity contribution in [3.8, 4) is 0 Å². The molecule has 0 spiro atoms. The number of anilines is 1. The van der Waals surface area contributed by atoms with Gasteiger partial charge in [0.15, 0.2) is 0 Å². The Morgan fingerprint density at radius 1 is 1.00 bits per heavy atom. The highest BCUT2D eigenvalue weighted by atomic mass is 16.6. The average Bonchev–Trinajstić information content (AvgIpc) is 2.97. The number of nitrogens with zero attached hydrogens (tertiary/aromatic N) is 3. The lowest BCUT2D eigenvalue weighted by Gasteiger charge is -2.21. The smallest absolute Gasteiger partial charge is 0.269 e. The van der Waals surface area contributed by atoms with Gasteiger partial charge in [-0.3, -0.25) is 10.1 Å². The van der Waals surface area contributed by atoms with E-state index in [-0.39, 0.29) is 10.6 Å². The summed E-state index contributed by atoms with van der Waals surface area (Å²) in [6.07, 6.45) is 4.03. The van der Waals surface area contributed by atoms with Crippen molar-refractivity contribution in [1.29, 1.82) is 0 Å². The van der Waals surface area contributed by atoms with E-state index in [0.29, 0.717) is 0 Å². The molecule has 21 heavy (non-hydrogen) atoms. The van der Waals surface area contributed by atoms with Crippen molar-refractivity contribution < 1.29 is 4.92 Å². The standard InChI is InChI=1S/C16H15N3O2/c20-19(21)16-8-6-15(7-9-16)18-11-10-17(13-18)12-14-4-2-1-3-5-14/h1-11H,12-13H2. The second-order valence-corrected chi connectivity index (χ2v) is 4.92. The molecule has 0 bridgehead atoms. The third-order valence-corrected chi connectivity index (χ3v) is 3.41. The minimum absolute atomic E-state index is 0.114. The molecule has 0 aromatic heterocycles. The molecule has 0 saturated carbocycles. The van der Waals surface area contributed by atoms with Gasteiger partial charge in [0.25, 0.3) is 5.69 Å². The third-order valence-electron chi connectivity index (χ3n) is 3.41. The molecule has 5 nitrogen and oxygen atoms in total. The van der Waals surface area contributed by atoms with Gasteiger partial charge >= 0.3 is 0 Å². The molecule has 1 aliphatic heterocycles. The van der Waals surface area contributed by atoms with E-state index in [4.69, 9.17) is 0 Å². The molecule has 0 amide bonds. The maximum atomic E-state index is 10.7. The van der Waals surface area contributed by atoms with Crippen molar-refractivity contribution in [1.82, 2.24) is 4.90 Å². The van der Waals surface area contributed by atoms with E-state index >= 15 is 0 Å². The fourth-order valence-electron chi connectivity index (χ4n) is 2.32. The Labute approximate surface area is 122 Å². The molecule has 1 heterocycles. The van der Waals surface area contributed by atoms with Crippen LogP contribution in [0.3, 0.4) is 0 Å². The van der Waals surface area contributed by atoms with Crippen LogP contribution in [0.1, 0.15) is 5.56 Å². The number of hydrogen-bond donors (Lipinski definition) is 0.